The second-order valence-corrected chi connectivity index (χ2v) is 4.91. The molecule has 0 saturated carbocycles. The summed E-state index contributed by atoms with van der Waals surface area (Å²) in [6, 6.07) is -0.723. The molecule has 0 bridgehead atoms. The van der Waals surface area contributed by atoms with Crippen molar-refractivity contribution < 1.29 is 14.3 Å². The zero-order valence-corrected chi connectivity index (χ0v) is 12.2. The Hall–Kier alpha value is -0.940. The molecular weight excluding hydrogens is 244 g/mol. The minimum absolute atomic E-state index is 0.185. The summed E-state index contributed by atoms with van der Waals surface area (Å²) in [5, 5.41) is 0. The standard InChI is InChI=1S/C14H28N2O3/c1-3-7-11(8-4-2)13(17)19-14(18)12(16)9-5-6-10-15/h11-12H,3-10,15-16H2,1-2H3/t12-/m0/s1. The van der Waals surface area contributed by atoms with Crippen molar-refractivity contribution in [2.45, 2.75) is 64.8 Å². The highest BCUT2D eigenvalue weighted by Crippen LogP contribution is 2.15. The molecule has 5 heteroatoms. The van der Waals surface area contributed by atoms with Gasteiger partial charge in [0.15, 0.2) is 0 Å². The first kappa shape index (κ1) is 18.1. The van der Waals surface area contributed by atoms with Crippen LogP contribution in [-0.4, -0.2) is 24.5 Å². The predicted molar refractivity (Wildman–Crippen MR) is 75.3 cm³/mol. The molecule has 0 unspecified atom stereocenters. The number of hydrogen-bond donors (Lipinski definition) is 2. The molecule has 0 saturated heterocycles. The maximum absolute atomic E-state index is 11.8. The Morgan fingerprint density at radius 3 is 2.05 bits per heavy atom. The first-order valence-electron chi connectivity index (χ1n) is 7.27. The molecule has 0 fully saturated rings. The third kappa shape index (κ3) is 7.95. The molecule has 0 radical (unpaired) electrons. The predicted octanol–water partition coefficient (Wildman–Crippen LogP) is 1.73. The summed E-state index contributed by atoms with van der Waals surface area (Å²) in [7, 11) is 0. The minimum atomic E-state index is -0.723. The third-order valence-electron chi connectivity index (χ3n) is 3.08. The summed E-state index contributed by atoms with van der Waals surface area (Å²) in [4.78, 5) is 23.5. The van der Waals surface area contributed by atoms with Gasteiger partial charge in [0.25, 0.3) is 0 Å². The fraction of sp³-hybridized carbons (Fsp3) is 0.857. The number of carbonyl (C=O) groups is 2. The van der Waals surface area contributed by atoms with E-state index >= 15 is 0 Å². The van der Waals surface area contributed by atoms with E-state index in [4.69, 9.17) is 16.2 Å². The molecule has 0 aromatic rings. The zero-order chi connectivity index (χ0) is 14.7. The molecule has 0 aliphatic heterocycles. The van der Waals surface area contributed by atoms with Gasteiger partial charge in [0.1, 0.15) is 6.04 Å². The van der Waals surface area contributed by atoms with Crippen molar-refractivity contribution in [1.82, 2.24) is 0 Å². The van der Waals surface area contributed by atoms with Gasteiger partial charge in [-0.15, -0.1) is 0 Å². The lowest BCUT2D eigenvalue weighted by atomic mass is 9.98. The number of esters is 2. The van der Waals surface area contributed by atoms with E-state index in [2.05, 4.69) is 0 Å². The van der Waals surface area contributed by atoms with Gasteiger partial charge in [0, 0.05) is 0 Å². The molecule has 112 valence electrons. The first-order valence-corrected chi connectivity index (χ1v) is 7.27. The lowest BCUT2D eigenvalue weighted by Gasteiger charge is -2.15. The van der Waals surface area contributed by atoms with E-state index in [1.807, 2.05) is 13.8 Å². The molecule has 0 rings (SSSR count). The molecule has 0 aliphatic carbocycles. The quantitative estimate of drug-likeness (QED) is 0.359. The van der Waals surface area contributed by atoms with Gasteiger partial charge in [-0.05, 0) is 32.2 Å². The van der Waals surface area contributed by atoms with Crippen LogP contribution in [0.1, 0.15) is 58.8 Å². The largest absolute Gasteiger partial charge is 0.392 e. The fourth-order valence-electron chi connectivity index (χ4n) is 1.96. The second kappa shape index (κ2) is 10.9. The number of unbranched alkanes of at least 4 members (excludes halogenated alkanes) is 1. The van der Waals surface area contributed by atoms with Gasteiger partial charge in [0.05, 0.1) is 5.92 Å². The Kier molecular flexibility index (Phi) is 10.4. The van der Waals surface area contributed by atoms with E-state index in [-0.39, 0.29) is 5.92 Å². The molecule has 0 heterocycles. The van der Waals surface area contributed by atoms with Crippen molar-refractivity contribution in [3.8, 4) is 0 Å². The molecule has 0 spiro atoms. The summed E-state index contributed by atoms with van der Waals surface area (Å²) in [5.41, 5.74) is 11.1. The van der Waals surface area contributed by atoms with E-state index in [0.29, 0.717) is 13.0 Å². The summed E-state index contributed by atoms with van der Waals surface area (Å²) in [6.07, 6.45) is 5.41. The number of nitrogens with two attached hydrogens (primary N) is 2. The molecular formula is C14H28N2O3. The van der Waals surface area contributed by atoms with E-state index in [9.17, 15) is 9.59 Å². The number of rotatable bonds is 10. The highest BCUT2D eigenvalue weighted by molar-refractivity contribution is 5.89. The molecule has 1 atom stereocenters. The topological polar surface area (TPSA) is 95.4 Å². The van der Waals surface area contributed by atoms with Gasteiger partial charge in [-0.1, -0.05) is 33.1 Å². The molecule has 0 amide bonds. The van der Waals surface area contributed by atoms with Crippen LogP contribution in [0.25, 0.3) is 0 Å². The van der Waals surface area contributed by atoms with Crippen LogP contribution < -0.4 is 11.5 Å². The van der Waals surface area contributed by atoms with Crippen molar-refractivity contribution in [2.75, 3.05) is 6.54 Å². The van der Waals surface area contributed by atoms with Crippen LogP contribution in [0.5, 0.6) is 0 Å². The Bertz CT molecular complexity index is 263. The monoisotopic (exact) mass is 272 g/mol. The smallest absolute Gasteiger partial charge is 0.330 e. The lowest BCUT2D eigenvalue weighted by molar-refractivity contribution is -0.164. The minimum Gasteiger partial charge on any atom is -0.392 e. The summed E-state index contributed by atoms with van der Waals surface area (Å²) in [5.74, 6) is -1.22. The molecule has 0 aliphatic rings. The summed E-state index contributed by atoms with van der Waals surface area (Å²) in [6.45, 7) is 4.60. The zero-order valence-electron chi connectivity index (χ0n) is 12.2. The van der Waals surface area contributed by atoms with Crippen molar-refractivity contribution >= 4 is 11.9 Å². The number of hydrogen-bond acceptors (Lipinski definition) is 5. The van der Waals surface area contributed by atoms with Gasteiger partial charge in [-0.2, -0.15) is 0 Å². The molecule has 5 nitrogen and oxygen atoms in total. The number of ether oxygens (including phenoxy) is 1. The van der Waals surface area contributed by atoms with Crippen LogP contribution in [-0.2, 0) is 14.3 Å². The van der Waals surface area contributed by atoms with Crippen LogP contribution in [0.4, 0.5) is 0 Å². The van der Waals surface area contributed by atoms with Gasteiger partial charge in [0.2, 0.25) is 0 Å². The highest BCUT2D eigenvalue weighted by atomic mass is 16.6. The highest BCUT2D eigenvalue weighted by Gasteiger charge is 2.24. The van der Waals surface area contributed by atoms with Gasteiger partial charge >= 0.3 is 11.9 Å². The van der Waals surface area contributed by atoms with Crippen LogP contribution in [0, 0.1) is 5.92 Å². The van der Waals surface area contributed by atoms with Gasteiger partial charge in [-0.25, -0.2) is 4.79 Å². The maximum atomic E-state index is 11.8. The molecule has 0 aromatic heterocycles. The van der Waals surface area contributed by atoms with Crippen LogP contribution in [0.3, 0.4) is 0 Å². The Morgan fingerprint density at radius 2 is 1.58 bits per heavy atom. The van der Waals surface area contributed by atoms with Crippen molar-refractivity contribution in [3.05, 3.63) is 0 Å². The molecule has 4 N–H and O–H groups in total. The molecule has 19 heavy (non-hydrogen) atoms. The van der Waals surface area contributed by atoms with Crippen LogP contribution in [0.2, 0.25) is 0 Å². The van der Waals surface area contributed by atoms with Gasteiger partial charge in [-0.3, -0.25) is 4.79 Å². The lowest BCUT2D eigenvalue weighted by Crippen LogP contribution is -2.35. The van der Waals surface area contributed by atoms with Crippen LogP contribution in [0.15, 0.2) is 0 Å². The summed E-state index contributed by atoms with van der Waals surface area (Å²) < 4.78 is 4.88. The average Bonchev–Trinajstić information content (AvgIpc) is 2.38. The van der Waals surface area contributed by atoms with E-state index in [1.54, 1.807) is 0 Å². The second-order valence-electron chi connectivity index (χ2n) is 4.91. The average molecular weight is 272 g/mol. The normalized spacial score (nSPS) is 12.5. The van der Waals surface area contributed by atoms with Gasteiger partial charge < -0.3 is 16.2 Å². The Labute approximate surface area is 116 Å². The van der Waals surface area contributed by atoms with Crippen molar-refractivity contribution in [1.29, 1.82) is 0 Å². The van der Waals surface area contributed by atoms with E-state index in [0.717, 1.165) is 38.5 Å². The molecule has 0 aromatic carbocycles. The Balaban J connectivity index is 4.16. The number of carbonyl (C=O) groups excluding carboxylic acids is 2. The van der Waals surface area contributed by atoms with Crippen LogP contribution >= 0.6 is 0 Å². The summed E-state index contributed by atoms with van der Waals surface area (Å²) >= 11 is 0. The van der Waals surface area contributed by atoms with E-state index < -0.39 is 18.0 Å². The fourth-order valence-corrected chi connectivity index (χ4v) is 1.96. The van der Waals surface area contributed by atoms with Crippen molar-refractivity contribution in [2.24, 2.45) is 17.4 Å². The third-order valence-corrected chi connectivity index (χ3v) is 3.08. The first-order chi connectivity index (χ1) is 9.06. The SMILES string of the molecule is CCCC(CCC)C(=O)OC(=O)[C@@H](N)CCCCN. The maximum Gasteiger partial charge on any atom is 0.330 e. The van der Waals surface area contributed by atoms with E-state index in [1.165, 1.54) is 0 Å². The van der Waals surface area contributed by atoms with Crippen molar-refractivity contribution in [3.63, 3.8) is 0 Å². The Morgan fingerprint density at radius 1 is 1.00 bits per heavy atom.